The molecule has 1 fully saturated rings. The monoisotopic (exact) mass is 289 g/mol. The molecule has 1 aliphatic rings. The molecular formula is C16H23N3O2. The van der Waals surface area contributed by atoms with Crippen LogP contribution < -0.4 is 5.32 Å². The number of rotatable bonds is 6. The van der Waals surface area contributed by atoms with Crippen molar-refractivity contribution in [2.24, 2.45) is 0 Å². The van der Waals surface area contributed by atoms with Crippen molar-refractivity contribution < 1.29 is 9.59 Å². The van der Waals surface area contributed by atoms with Crippen LogP contribution in [0.2, 0.25) is 0 Å². The maximum atomic E-state index is 12.5. The molecule has 5 heteroatoms. The number of nitrogens with zero attached hydrogens (tertiary/aromatic N) is 2. The zero-order valence-electron chi connectivity index (χ0n) is 12.7. The summed E-state index contributed by atoms with van der Waals surface area (Å²) in [6.45, 7) is 4.50. The molecule has 1 saturated heterocycles. The van der Waals surface area contributed by atoms with Gasteiger partial charge < -0.3 is 10.2 Å². The van der Waals surface area contributed by atoms with Crippen molar-refractivity contribution in [1.29, 1.82) is 0 Å². The number of hydrogen-bond donors (Lipinski definition) is 1. The van der Waals surface area contributed by atoms with Gasteiger partial charge in [-0.3, -0.25) is 14.6 Å². The van der Waals surface area contributed by atoms with Crippen molar-refractivity contribution in [2.45, 2.75) is 51.6 Å². The molecule has 0 aliphatic carbocycles. The molecule has 0 spiro atoms. The molecule has 1 N–H and O–H groups in total. The van der Waals surface area contributed by atoms with E-state index in [4.69, 9.17) is 0 Å². The lowest BCUT2D eigenvalue weighted by molar-refractivity contribution is -0.149. The van der Waals surface area contributed by atoms with Crippen LogP contribution in [0.1, 0.15) is 38.8 Å². The largest absolute Gasteiger partial charge is 0.343 e. The predicted octanol–water partition coefficient (Wildman–Crippen LogP) is 1.53. The first-order valence-corrected chi connectivity index (χ1v) is 7.68. The number of aromatic nitrogens is 1. The molecule has 0 aromatic carbocycles. The maximum absolute atomic E-state index is 12.5. The van der Waals surface area contributed by atoms with Crippen LogP contribution in [0, 0.1) is 0 Å². The van der Waals surface area contributed by atoms with Gasteiger partial charge in [0, 0.05) is 24.9 Å². The summed E-state index contributed by atoms with van der Waals surface area (Å²) in [7, 11) is 0. The third-order valence-electron chi connectivity index (χ3n) is 3.88. The highest BCUT2D eigenvalue weighted by atomic mass is 16.2. The Bertz CT molecular complexity index is 490. The lowest BCUT2D eigenvalue weighted by atomic mass is 10.0. The highest BCUT2D eigenvalue weighted by Crippen LogP contribution is 2.16. The topological polar surface area (TPSA) is 62.3 Å². The quantitative estimate of drug-likeness (QED) is 0.864. The lowest BCUT2D eigenvalue weighted by Gasteiger charge is -2.38. The first-order chi connectivity index (χ1) is 10.2. The Morgan fingerprint density at radius 2 is 2.10 bits per heavy atom. The van der Waals surface area contributed by atoms with E-state index in [0.29, 0.717) is 25.8 Å². The minimum Gasteiger partial charge on any atom is -0.343 e. The second kappa shape index (κ2) is 7.20. The molecule has 1 aliphatic heterocycles. The van der Waals surface area contributed by atoms with Crippen LogP contribution in [0.15, 0.2) is 24.4 Å². The summed E-state index contributed by atoms with van der Waals surface area (Å²) in [5.74, 6) is 0.0100. The normalized spacial score (nSPS) is 22.3. The molecule has 21 heavy (non-hydrogen) atoms. The van der Waals surface area contributed by atoms with Crippen molar-refractivity contribution >= 4 is 11.8 Å². The smallest absolute Gasteiger partial charge is 0.245 e. The number of nitrogens with one attached hydrogen (secondary N) is 1. The van der Waals surface area contributed by atoms with Crippen molar-refractivity contribution in [3.05, 3.63) is 30.1 Å². The molecule has 1 aromatic rings. The Labute approximate surface area is 125 Å². The number of amides is 2. The van der Waals surface area contributed by atoms with Gasteiger partial charge >= 0.3 is 0 Å². The molecule has 0 bridgehead atoms. The molecule has 2 heterocycles. The molecule has 1 aromatic heterocycles. The van der Waals surface area contributed by atoms with E-state index in [9.17, 15) is 9.59 Å². The number of hydrogen-bond acceptors (Lipinski definition) is 3. The van der Waals surface area contributed by atoms with E-state index in [-0.39, 0.29) is 23.9 Å². The van der Waals surface area contributed by atoms with Gasteiger partial charge in [-0.25, -0.2) is 0 Å². The number of pyridine rings is 1. The fourth-order valence-electron chi connectivity index (χ4n) is 2.76. The van der Waals surface area contributed by atoms with Gasteiger partial charge in [-0.15, -0.1) is 0 Å². The van der Waals surface area contributed by atoms with E-state index in [0.717, 1.165) is 12.1 Å². The lowest BCUT2D eigenvalue weighted by Crippen LogP contribution is -2.63. The third-order valence-corrected chi connectivity index (χ3v) is 3.88. The van der Waals surface area contributed by atoms with Crippen LogP contribution in [0.25, 0.3) is 0 Å². The van der Waals surface area contributed by atoms with E-state index < -0.39 is 0 Å². The maximum Gasteiger partial charge on any atom is 0.245 e. The van der Waals surface area contributed by atoms with Gasteiger partial charge in [0.2, 0.25) is 11.8 Å². The van der Waals surface area contributed by atoms with E-state index >= 15 is 0 Å². The van der Waals surface area contributed by atoms with E-state index in [2.05, 4.69) is 10.3 Å². The van der Waals surface area contributed by atoms with Crippen LogP contribution in [0.4, 0.5) is 0 Å². The average Bonchev–Trinajstić information content (AvgIpc) is 2.50. The Balaban J connectivity index is 2.08. The summed E-state index contributed by atoms with van der Waals surface area (Å²) < 4.78 is 0. The van der Waals surface area contributed by atoms with Crippen molar-refractivity contribution in [3.63, 3.8) is 0 Å². The van der Waals surface area contributed by atoms with Gasteiger partial charge in [-0.05, 0) is 25.0 Å². The number of piperazine rings is 1. The van der Waals surface area contributed by atoms with Crippen molar-refractivity contribution in [3.8, 4) is 0 Å². The summed E-state index contributed by atoms with van der Waals surface area (Å²) in [4.78, 5) is 30.7. The summed E-state index contributed by atoms with van der Waals surface area (Å²) >= 11 is 0. The molecule has 114 valence electrons. The zero-order valence-corrected chi connectivity index (χ0v) is 12.7. The minimum absolute atomic E-state index is 0.0310. The first-order valence-electron chi connectivity index (χ1n) is 7.68. The van der Waals surface area contributed by atoms with Gasteiger partial charge in [0.1, 0.15) is 12.1 Å². The second-order valence-corrected chi connectivity index (χ2v) is 5.38. The summed E-state index contributed by atoms with van der Waals surface area (Å²) in [5.41, 5.74) is 0.943. The van der Waals surface area contributed by atoms with Crippen LogP contribution in [0.3, 0.4) is 0 Å². The molecule has 2 amide bonds. The van der Waals surface area contributed by atoms with E-state index in [1.165, 1.54) is 0 Å². The van der Waals surface area contributed by atoms with Gasteiger partial charge in [-0.2, -0.15) is 0 Å². The average molecular weight is 289 g/mol. The van der Waals surface area contributed by atoms with E-state index in [1.807, 2.05) is 32.0 Å². The van der Waals surface area contributed by atoms with E-state index in [1.54, 1.807) is 11.1 Å². The fourth-order valence-corrected chi connectivity index (χ4v) is 2.76. The number of carbonyl (C=O) groups is 2. The summed E-state index contributed by atoms with van der Waals surface area (Å²) in [6.07, 6.45) is 4.63. The Morgan fingerprint density at radius 1 is 1.29 bits per heavy atom. The Kier molecular flexibility index (Phi) is 5.31. The highest BCUT2D eigenvalue weighted by molar-refractivity contribution is 5.96. The highest BCUT2D eigenvalue weighted by Gasteiger charge is 2.38. The van der Waals surface area contributed by atoms with Crippen LogP contribution in [-0.2, 0) is 16.0 Å². The molecular weight excluding hydrogens is 266 g/mol. The zero-order chi connectivity index (χ0) is 15.2. The van der Waals surface area contributed by atoms with Gasteiger partial charge in [0.05, 0.1) is 0 Å². The van der Waals surface area contributed by atoms with Gasteiger partial charge in [0.25, 0.3) is 0 Å². The first kappa shape index (κ1) is 15.5. The molecule has 2 atom stereocenters. The van der Waals surface area contributed by atoms with Crippen molar-refractivity contribution in [2.75, 3.05) is 6.54 Å². The van der Waals surface area contributed by atoms with Crippen LogP contribution in [0.5, 0.6) is 0 Å². The second-order valence-electron chi connectivity index (χ2n) is 5.38. The molecule has 5 nitrogen and oxygen atoms in total. The standard InChI is InChI=1S/C16H23N3O2/c1-3-7-13-16(21)19(14(4-2)15(20)18-13)11-9-12-8-5-6-10-17-12/h5-6,8,10,13-14H,3-4,7,9,11H2,1-2H3,(H,18,20). The Morgan fingerprint density at radius 3 is 2.71 bits per heavy atom. The molecule has 2 rings (SSSR count). The fraction of sp³-hybridized carbons (Fsp3) is 0.562. The predicted molar refractivity (Wildman–Crippen MR) is 80.6 cm³/mol. The van der Waals surface area contributed by atoms with Gasteiger partial charge in [0.15, 0.2) is 0 Å². The molecule has 0 saturated carbocycles. The third kappa shape index (κ3) is 3.60. The van der Waals surface area contributed by atoms with Crippen LogP contribution in [-0.4, -0.2) is 40.3 Å². The van der Waals surface area contributed by atoms with Gasteiger partial charge in [-0.1, -0.05) is 26.3 Å². The van der Waals surface area contributed by atoms with Crippen molar-refractivity contribution in [1.82, 2.24) is 15.2 Å². The molecule has 2 unspecified atom stereocenters. The summed E-state index contributed by atoms with van der Waals surface area (Å²) in [6, 6.07) is 5.03. The Hall–Kier alpha value is -1.91. The minimum atomic E-state index is -0.367. The molecule has 0 radical (unpaired) electrons. The summed E-state index contributed by atoms with van der Waals surface area (Å²) in [5, 5.41) is 2.85. The number of carbonyl (C=O) groups excluding carboxylic acids is 2. The van der Waals surface area contributed by atoms with Crippen LogP contribution >= 0.6 is 0 Å². The SMILES string of the molecule is CCCC1NC(=O)C(CC)N(CCc2ccccn2)C1=O.